The van der Waals surface area contributed by atoms with Gasteiger partial charge in [-0.25, -0.2) is 0 Å². The van der Waals surface area contributed by atoms with Gasteiger partial charge in [0.25, 0.3) is 5.91 Å². The Labute approximate surface area is 215 Å². The quantitative estimate of drug-likeness (QED) is 0.446. The number of ether oxygens (including phenoxy) is 2. The molecule has 7 nitrogen and oxygen atoms in total. The number of methoxy groups -OCH3 is 2. The molecule has 1 aliphatic carbocycles. The maximum Gasteiger partial charge on any atom is 0.251 e. The van der Waals surface area contributed by atoms with E-state index in [2.05, 4.69) is 10.3 Å². The average molecular weight is 497 g/mol. The summed E-state index contributed by atoms with van der Waals surface area (Å²) in [5.41, 5.74) is 4.30. The third-order valence-electron chi connectivity index (χ3n) is 6.35. The number of nitrogens with one attached hydrogen (secondary N) is 1. The number of amides is 1. The van der Waals surface area contributed by atoms with E-state index in [1.165, 1.54) is 14.2 Å². The van der Waals surface area contributed by atoms with Crippen molar-refractivity contribution in [1.82, 2.24) is 10.3 Å². The largest absolute Gasteiger partial charge is 0.489 e. The van der Waals surface area contributed by atoms with Gasteiger partial charge >= 0.3 is 0 Å². The molecular weight excluding hydrogens is 468 g/mol. The summed E-state index contributed by atoms with van der Waals surface area (Å²) in [4.78, 5) is 43.7. The van der Waals surface area contributed by atoms with Gasteiger partial charge in [-0.2, -0.15) is 0 Å². The standard InChI is InChI=1S/C30H28N2O5/c1-19-24(27(34)29(37-3)28(36-2)26(19)33)17-21-11-7-13-23(25(21)22-12-8-15-31-18-22)30(35)32-16-14-20-9-5-4-6-10-20/h4-13,15,18H,14,16-17H2,1-3H3,(H,32,35). The van der Waals surface area contributed by atoms with Gasteiger partial charge in [-0.15, -0.1) is 0 Å². The van der Waals surface area contributed by atoms with Gasteiger partial charge in [0, 0.05) is 47.6 Å². The number of allylic oxidation sites excluding steroid dienone is 2. The van der Waals surface area contributed by atoms with Gasteiger partial charge < -0.3 is 14.8 Å². The predicted molar refractivity (Wildman–Crippen MR) is 140 cm³/mol. The van der Waals surface area contributed by atoms with Crippen molar-refractivity contribution in [2.45, 2.75) is 19.8 Å². The van der Waals surface area contributed by atoms with Crippen LogP contribution in [-0.4, -0.2) is 43.2 Å². The molecule has 0 bridgehead atoms. The Hall–Kier alpha value is -4.52. The van der Waals surface area contributed by atoms with Gasteiger partial charge in [-0.05, 0) is 42.2 Å². The second-order valence-corrected chi connectivity index (χ2v) is 8.58. The first-order valence-corrected chi connectivity index (χ1v) is 11.9. The summed E-state index contributed by atoms with van der Waals surface area (Å²) in [6.45, 7) is 2.07. The summed E-state index contributed by atoms with van der Waals surface area (Å²) < 4.78 is 10.4. The van der Waals surface area contributed by atoms with Gasteiger partial charge in [-0.1, -0.05) is 48.5 Å². The summed E-state index contributed by atoms with van der Waals surface area (Å²) in [7, 11) is 2.66. The molecule has 3 aromatic rings. The molecule has 7 heteroatoms. The van der Waals surface area contributed by atoms with Crippen LogP contribution >= 0.6 is 0 Å². The van der Waals surface area contributed by atoms with E-state index in [0.29, 0.717) is 29.7 Å². The number of pyridine rings is 1. The molecule has 1 aromatic heterocycles. The average Bonchev–Trinajstić information content (AvgIpc) is 2.93. The van der Waals surface area contributed by atoms with Gasteiger partial charge in [0.1, 0.15) is 0 Å². The summed E-state index contributed by atoms with van der Waals surface area (Å²) in [6, 6.07) is 19.0. The maximum atomic E-state index is 13.3. The maximum absolute atomic E-state index is 13.3. The molecule has 2 aromatic carbocycles. The topological polar surface area (TPSA) is 94.6 Å². The van der Waals surface area contributed by atoms with Crippen LogP contribution in [0, 0.1) is 0 Å². The number of Topliss-reactive ketones (excluding diaryl/α,β-unsaturated/α-hetero) is 2. The highest BCUT2D eigenvalue weighted by molar-refractivity contribution is 6.23. The number of hydrogen-bond acceptors (Lipinski definition) is 6. The van der Waals surface area contributed by atoms with E-state index >= 15 is 0 Å². The zero-order valence-corrected chi connectivity index (χ0v) is 21.0. The van der Waals surface area contributed by atoms with E-state index in [0.717, 1.165) is 16.7 Å². The van der Waals surface area contributed by atoms with Crippen LogP contribution in [0.3, 0.4) is 0 Å². The molecule has 1 N–H and O–H groups in total. The van der Waals surface area contributed by atoms with Crippen LogP contribution in [0.4, 0.5) is 0 Å². The van der Waals surface area contributed by atoms with E-state index in [-0.39, 0.29) is 29.4 Å². The molecule has 0 radical (unpaired) electrons. The highest BCUT2D eigenvalue weighted by Gasteiger charge is 2.35. The molecule has 188 valence electrons. The van der Waals surface area contributed by atoms with Crippen LogP contribution in [0.1, 0.15) is 28.4 Å². The summed E-state index contributed by atoms with van der Waals surface area (Å²) >= 11 is 0. The minimum Gasteiger partial charge on any atom is -0.489 e. The molecule has 1 amide bonds. The summed E-state index contributed by atoms with van der Waals surface area (Å²) in [5.74, 6) is -1.26. The van der Waals surface area contributed by atoms with E-state index in [4.69, 9.17) is 9.47 Å². The smallest absolute Gasteiger partial charge is 0.251 e. The van der Waals surface area contributed by atoms with E-state index in [1.807, 2.05) is 42.5 Å². The van der Waals surface area contributed by atoms with Crippen molar-refractivity contribution in [2.24, 2.45) is 0 Å². The Kier molecular flexibility index (Phi) is 7.93. The normalized spacial score (nSPS) is 13.6. The minimum atomic E-state index is -0.411. The molecule has 37 heavy (non-hydrogen) atoms. The number of ketones is 2. The van der Waals surface area contributed by atoms with Crippen molar-refractivity contribution in [3.8, 4) is 11.1 Å². The van der Waals surface area contributed by atoms with Gasteiger partial charge in [0.05, 0.1) is 14.2 Å². The third-order valence-corrected chi connectivity index (χ3v) is 6.35. The Morgan fingerprint density at radius 3 is 2.30 bits per heavy atom. The monoisotopic (exact) mass is 496 g/mol. The molecule has 0 atom stereocenters. The fraction of sp³-hybridized carbons (Fsp3) is 0.200. The third kappa shape index (κ3) is 5.35. The molecule has 0 aliphatic heterocycles. The van der Waals surface area contributed by atoms with Crippen LogP contribution in [0.15, 0.2) is 95.7 Å². The van der Waals surface area contributed by atoms with Crippen molar-refractivity contribution in [2.75, 3.05) is 20.8 Å². The van der Waals surface area contributed by atoms with Gasteiger partial charge in [-0.3, -0.25) is 19.4 Å². The lowest BCUT2D eigenvalue weighted by molar-refractivity contribution is -0.121. The van der Waals surface area contributed by atoms with E-state index < -0.39 is 11.6 Å². The van der Waals surface area contributed by atoms with Crippen LogP contribution < -0.4 is 5.32 Å². The second kappa shape index (κ2) is 11.5. The number of aromatic nitrogens is 1. The molecule has 4 rings (SSSR count). The van der Waals surface area contributed by atoms with E-state index in [1.54, 1.807) is 37.5 Å². The lowest BCUT2D eigenvalue weighted by Gasteiger charge is -2.22. The number of carbonyl (C=O) groups excluding carboxylic acids is 3. The van der Waals surface area contributed by atoms with Crippen LogP contribution in [-0.2, 0) is 31.9 Å². The van der Waals surface area contributed by atoms with Gasteiger partial charge in [0.2, 0.25) is 23.1 Å². The number of carbonyl (C=O) groups is 3. The van der Waals surface area contributed by atoms with Crippen molar-refractivity contribution < 1.29 is 23.9 Å². The highest BCUT2D eigenvalue weighted by atomic mass is 16.5. The molecule has 1 aliphatic rings. The number of rotatable bonds is 9. The highest BCUT2D eigenvalue weighted by Crippen LogP contribution is 2.33. The molecule has 0 saturated heterocycles. The number of nitrogens with zero attached hydrogens (tertiary/aromatic N) is 1. The molecule has 0 unspecified atom stereocenters. The zero-order valence-electron chi connectivity index (χ0n) is 21.0. The lowest BCUT2D eigenvalue weighted by atomic mass is 9.85. The van der Waals surface area contributed by atoms with Crippen molar-refractivity contribution >= 4 is 17.5 Å². The number of hydrogen-bond donors (Lipinski definition) is 1. The lowest BCUT2D eigenvalue weighted by Crippen LogP contribution is -2.27. The fourth-order valence-electron chi connectivity index (χ4n) is 4.44. The minimum absolute atomic E-state index is 0.104. The van der Waals surface area contributed by atoms with Crippen LogP contribution in [0.25, 0.3) is 11.1 Å². The molecule has 0 fully saturated rings. The molecule has 0 spiro atoms. The van der Waals surface area contributed by atoms with Crippen molar-refractivity contribution in [1.29, 1.82) is 0 Å². The first-order valence-electron chi connectivity index (χ1n) is 11.9. The Bertz CT molecular complexity index is 1390. The summed E-state index contributed by atoms with van der Waals surface area (Å²) in [5, 5.41) is 3.01. The van der Waals surface area contributed by atoms with Gasteiger partial charge in [0.15, 0.2) is 0 Å². The predicted octanol–water partition coefficient (Wildman–Crippen LogP) is 4.24. The summed E-state index contributed by atoms with van der Waals surface area (Å²) in [6.07, 6.45) is 4.17. The number of benzene rings is 2. The Morgan fingerprint density at radius 2 is 1.62 bits per heavy atom. The Balaban J connectivity index is 1.69. The zero-order chi connectivity index (χ0) is 26.4. The van der Waals surface area contributed by atoms with Crippen LogP contribution in [0.5, 0.6) is 0 Å². The van der Waals surface area contributed by atoms with E-state index in [9.17, 15) is 14.4 Å². The molecule has 0 saturated carbocycles. The molecule has 1 heterocycles. The molecular formula is C30H28N2O5. The van der Waals surface area contributed by atoms with Crippen molar-refractivity contribution in [3.05, 3.63) is 112 Å². The first kappa shape index (κ1) is 25.6. The second-order valence-electron chi connectivity index (χ2n) is 8.58. The Morgan fingerprint density at radius 1 is 0.892 bits per heavy atom. The first-order chi connectivity index (χ1) is 18.0. The SMILES string of the molecule is COC1=C(OC)C(=O)C(Cc2cccc(C(=O)NCCc3ccccc3)c2-c2cccnc2)=C(C)C1=O. The van der Waals surface area contributed by atoms with Crippen LogP contribution in [0.2, 0.25) is 0 Å². The fourth-order valence-corrected chi connectivity index (χ4v) is 4.44. The van der Waals surface area contributed by atoms with Crippen molar-refractivity contribution in [3.63, 3.8) is 0 Å².